The van der Waals surface area contributed by atoms with E-state index in [1.54, 1.807) is 26.6 Å². The van der Waals surface area contributed by atoms with E-state index in [0.29, 0.717) is 18.0 Å². The SMILES string of the molecule is CNc1ncnc(Cc2ccncc2)c1OC. The number of nitrogens with zero attached hydrogens (tertiary/aromatic N) is 3. The first-order chi connectivity index (χ1) is 8.35. The Hall–Kier alpha value is -2.17. The molecule has 17 heavy (non-hydrogen) atoms. The number of anilines is 1. The maximum Gasteiger partial charge on any atom is 0.183 e. The van der Waals surface area contributed by atoms with Crippen LogP contribution in [0.15, 0.2) is 30.9 Å². The van der Waals surface area contributed by atoms with Gasteiger partial charge in [0.1, 0.15) is 6.33 Å². The molecule has 0 saturated carbocycles. The van der Waals surface area contributed by atoms with Crippen molar-refractivity contribution in [2.45, 2.75) is 6.42 Å². The quantitative estimate of drug-likeness (QED) is 0.862. The van der Waals surface area contributed by atoms with Gasteiger partial charge < -0.3 is 10.1 Å². The molecule has 5 heteroatoms. The first-order valence-corrected chi connectivity index (χ1v) is 5.29. The molecule has 0 aliphatic rings. The van der Waals surface area contributed by atoms with Gasteiger partial charge in [0.25, 0.3) is 0 Å². The molecule has 0 saturated heterocycles. The molecular formula is C12H14N4O. The molecule has 0 fully saturated rings. The van der Waals surface area contributed by atoms with Crippen molar-refractivity contribution in [1.29, 1.82) is 0 Å². The summed E-state index contributed by atoms with van der Waals surface area (Å²) in [6.45, 7) is 0. The van der Waals surface area contributed by atoms with Gasteiger partial charge in [-0.15, -0.1) is 0 Å². The van der Waals surface area contributed by atoms with Crippen molar-refractivity contribution in [3.8, 4) is 5.75 Å². The predicted molar refractivity (Wildman–Crippen MR) is 65.2 cm³/mol. The lowest BCUT2D eigenvalue weighted by atomic mass is 10.1. The van der Waals surface area contributed by atoms with Crippen LogP contribution >= 0.6 is 0 Å². The lowest BCUT2D eigenvalue weighted by Crippen LogP contribution is -2.03. The lowest BCUT2D eigenvalue weighted by Gasteiger charge is -2.10. The van der Waals surface area contributed by atoms with Crippen LogP contribution in [0.5, 0.6) is 5.75 Å². The molecule has 0 atom stereocenters. The lowest BCUT2D eigenvalue weighted by molar-refractivity contribution is 0.408. The second-order valence-electron chi connectivity index (χ2n) is 3.48. The van der Waals surface area contributed by atoms with E-state index in [9.17, 15) is 0 Å². The molecule has 1 N–H and O–H groups in total. The summed E-state index contributed by atoms with van der Waals surface area (Å²) in [5.74, 6) is 1.39. The summed E-state index contributed by atoms with van der Waals surface area (Å²) in [7, 11) is 3.43. The molecule has 0 aromatic carbocycles. The number of methoxy groups -OCH3 is 1. The molecule has 5 nitrogen and oxygen atoms in total. The van der Waals surface area contributed by atoms with Crippen LogP contribution in [0.4, 0.5) is 5.82 Å². The molecule has 0 aliphatic carbocycles. The van der Waals surface area contributed by atoms with Crippen molar-refractivity contribution in [3.05, 3.63) is 42.1 Å². The minimum atomic E-state index is 0.687. The maximum atomic E-state index is 5.34. The van der Waals surface area contributed by atoms with E-state index in [2.05, 4.69) is 20.3 Å². The van der Waals surface area contributed by atoms with E-state index >= 15 is 0 Å². The Morgan fingerprint density at radius 2 is 2.00 bits per heavy atom. The third kappa shape index (κ3) is 2.50. The minimum Gasteiger partial charge on any atom is -0.491 e. The van der Waals surface area contributed by atoms with Gasteiger partial charge in [-0.25, -0.2) is 9.97 Å². The molecule has 0 spiro atoms. The first-order valence-electron chi connectivity index (χ1n) is 5.29. The van der Waals surface area contributed by atoms with Gasteiger partial charge in [0.2, 0.25) is 0 Å². The summed E-state index contributed by atoms with van der Waals surface area (Å²) in [6.07, 6.45) is 5.76. The highest BCUT2D eigenvalue weighted by atomic mass is 16.5. The summed E-state index contributed by atoms with van der Waals surface area (Å²) in [5.41, 5.74) is 2.00. The molecule has 0 radical (unpaired) electrons. The second-order valence-corrected chi connectivity index (χ2v) is 3.48. The third-order valence-electron chi connectivity index (χ3n) is 2.44. The Labute approximate surface area is 99.9 Å². The summed E-state index contributed by atoms with van der Waals surface area (Å²) in [6, 6.07) is 3.92. The number of nitrogens with one attached hydrogen (secondary N) is 1. The van der Waals surface area contributed by atoms with Crippen molar-refractivity contribution >= 4 is 5.82 Å². The first kappa shape index (κ1) is 11.3. The number of hydrogen-bond acceptors (Lipinski definition) is 5. The van der Waals surface area contributed by atoms with Crippen molar-refractivity contribution in [1.82, 2.24) is 15.0 Å². The molecule has 0 unspecified atom stereocenters. The average molecular weight is 230 g/mol. The van der Waals surface area contributed by atoms with Crippen LogP contribution in [0.25, 0.3) is 0 Å². The van der Waals surface area contributed by atoms with Gasteiger partial charge in [0, 0.05) is 25.9 Å². The van der Waals surface area contributed by atoms with Crippen LogP contribution in [0.3, 0.4) is 0 Å². The molecule has 88 valence electrons. The Kier molecular flexibility index (Phi) is 3.49. The van der Waals surface area contributed by atoms with E-state index in [1.807, 2.05) is 12.1 Å². The molecular weight excluding hydrogens is 216 g/mol. The zero-order chi connectivity index (χ0) is 12.1. The summed E-state index contributed by atoms with van der Waals surface area (Å²) in [5, 5.41) is 2.98. The maximum absolute atomic E-state index is 5.34. The van der Waals surface area contributed by atoms with Crippen molar-refractivity contribution in [3.63, 3.8) is 0 Å². The summed E-state index contributed by atoms with van der Waals surface area (Å²) < 4.78 is 5.34. The van der Waals surface area contributed by atoms with Crippen LogP contribution in [-0.4, -0.2) is 29.1 Å². The van der Waals surface area contributed by atoms with Gasteiger partial charge >= 0.3 is 0 Å². The van der Waals surface area contributed by atoms with Crippen molar-refractivity contribution < 1.29 is 4.74 Å². The molecule has 0 bridgehead atoms. The summed E-state index contributed by atoms with van der Waals surface area (Å²) in [4.78, 5) is 12.4. The zero-order valence-corrected chi connectivity index (χ0v) is 9.84. The Bertz CT molecular complexity index is 487. The average Bonchev–Trinajstić information content (AvgIpc) is 2.39. The highest BCUT2D eigenvalue weighted by molar-refractivity contribution is 5.52. The number of rotatable bonds is 4. The summed E-state index contributed by atoms with van der Waals surface area (Å²) >= 11 is 0. The van der Waals surface area contributed by atoms with E-state index in [0.717, 1.165) is 11.3 Å². The topological polar surface area (TPSA) is 59.9 Å². The molecule has 2 heterocycles. The van der Waals surface area contributed by atoms with Crippen LogP contribution in [0, 0.1) is 0 Å². The van der Waals surface area contributed by atoms with E-state index in [4.69, 9.17) is 4.74 Å². The van der Waals surface area contributed by atoms with E-state index in [-0.39, 0.29) is 0 Å². The fraction of sp³-hybridized carbons (Fsp3) is 0.250. The Morgan fingerprint density at radius 3 is 2.65 bits per heavy atom. The predicted octanol–water partition coefficient (Wildman–Crippen LogP) is 1.51. The van der Waals surface area contributed by atoms with Crippen LogP contribution in [-0.2, 0) is 6.42 Å². The minimum absolute atomic E-state index is 0.687. The van der Waals surface area contributed by atoms with Gasteiger partial charge in [0.05, 0.1) is 12.8 Å². The zero-order valence-electron chi connectivity index (χ0n) is 9.84. The van der Waals surface area contributed by atoms with Crippen LogP contribution < -0.4 is 10.1 Å². The van der Waals surface area contributed by atoms with Crippen LogP contribution in [0.2, 0.25) is 0 Å². The van der Waals surface area contributed by atoms with Crippen molar-refractivity contribution in [2.75, 3.05) is 19.5 Å². The largest absolute Gasteiger partial charge is 0.491 e. The number of pyridine rings is 1. The molecule has 2 rings (SSSR count). The standard InChI is InChI=1S/C12H14N4O/c1-13-12-11(17-2)10(15-8-16-12)7-9-3-5-14-6-4-9/h3-6,8H,7H2,1-2H3,(H,13,15,16). The Morgan fingerprint density at radius 1 is 1.24 bits per heavy atom. The fourth-order valence-corrected chi connectivity index (χ4v) is 1.62. The fourth-order valence-electron chi connectivity index (χ4n) is 1.62. The van der Waals surface area contributed by atoms with Gasteiger partial charge in [-0.1, -0.05) is 0 Å². The number of ether oxygens (including phenoxy) is 1. The van der Waals surface area contributed by atoms with E-state index < -0.39 is 0 Å². The third-order valence-corrected chi connectivity index (χ3v) is 2.44. The van der Waals surface area contributed by atoms with Crippen LogP contribution in [0.1, 0.15) is 11.3 Å². The van der Waals surface area contributed by atoms with Gasteiger partial charge in [-0.05, 0) is 17.7 Å². The highest BCUT2D eigenvalue weighted by Crippen LogP contribution is 2.25. The number of hydrogen-bond donors (Lipinski definition) is 1. The van der Waals surface area contributed by atoms with Crippen molar-refractivity contribution in [2.24, 2.45) is 0 Å². The molecule has 2 aromatic heterocycles. The normalized spacial score (nSPS) is 10.0. The van der Waals surface area contributed by atoms with Gasteiger partial charge in [0.15, 0.2) is 11.6 Å². The second kappa shape index (κ2) is 5.25. The monoisotopic (exact) mass is 230 g/mol. The molecule has 0 aliphatic heterocycles. The molecule has 2 aromatic rings. The van der Waals surface area contributed by atoms with Gasteiger partial charge in [-0.2, -0.15) is 0 Å². The number of aromatic nitrogens is 3. The van der Waals surface area contributed by atoms with E-state index in [1.165, 1.54) is 6.33 Å². The smallest absolute Gasteiger partial charge is 0.183 e. The van der Waals surface area contributed by atoms with Gasteiger partial charge in [-0.3, -0.25) is 4.98 Å². The Balaban J connectivity index is 2.33. The highest BCUT2D eigenvalue weighted by Gasteiger charge is 2.11. The molecule has 0 amide bonds.